The Bertz CT molecular complexity index is 937. The molecule has 0 aromatic heterocycles. The molecule has 0 saturated heterocycles. The zero-order valence-electron chi connectivity index (χ0n) is 16.1. The number of nitriles is 1. The number of rotatable bonds is 8. The smallest absolute Gasteiger partial charge is 0.264 e. The predicted octanol–water partition coefficient (Wildman–Crippen LogP) is 4.13. The van der Waals surface area contributed by atoms with Gasteiger partial charge >= 0.3 is 0 Å². The Morgan fingerprint density at radius 1 is 0.862 bits per heavy atom. The van der Waals surface area contributed by atoms with Crippen LogP contribution < -0.4 is 10.6 Å². The third-order valence-corrected chi connectivity index (χ3v) is 4.55. The lowest BCUT2D eigenvalue weighted by Gasteiger charge is -2.19. The van der Waals surface area contributed by atoms with E-state index in [0.717, 1.165) is 17.5 Å². The average molecular weight is 381 g/mol. The number of benzene rings is 3. The molecule has 0 aliphatic heterocycles. The molecule has 0 radical (unpaired) electrons. The fourth-order valence-electron chi connectivity index (χ4n) is 3.04. The Labute approximate surface area is 171 Å². The Balaban J connectivity index is 1.68. The molecule has 144 valence electrons. The summed E-state index contributed by atoms with van der Waals surface area (Å²) < 4.78 is 0. The molecule has 0 spiro atoms. The van der Waals surface area contributed by atoms with Crippen LogP contribution in [0.2, 0.25) is 0 Å². The van der Waals surface area contributed by atoms with Gasteiger partial charge in [0.1, 0.15) is 11.6 Å². The lowest BCUT2D eigenvalue weighted by atomic mass is 9.98. The van der Waals surface area contributed by atoms with Crippen molar-refractivity contribution < 1.29 is 4.79 Å². The number of hydrogen-bond donors (Lipinski definition) is 2. The minimum atomic E-state index is -0.405. The number of carbonyl (C=O) groups excluding carboxylic acids is 1. The first kappa shape index (κ1) is 19.9. The van der Waals surface area contributed by atoms with Crippen molar-refractivity contribution in [1.29, 1.82) is 5.26 Å². The van der Waals surface area contributed by atoms with Gasteiger partial charge in [-0.2, -0.15) is 5.26 Å². The van der Waals surface area contributed by atoms with E-state index < -0.39 is 5.91 Å². The molecule has 0 aliphatic rings. The van der Waals surface area contributed by atoms with Crippen LogP contribution in [0, 0.1) is 11.3 Å². The third-order valence-electron chi connectivity index (χ3n) is 4.55. The van der Waals surface area contributed by atoms with E-state index in [9.17, 15) is 10.1 Å². The standard InChI is InChI=1S/C25H23N3O/c26-18-23(19-27-17-16-20-10-4-1-5-11-20)25(29)28-24(21-12-6-2-7-13-21)22-14-8-3-9-15-22/h1-15,19,24,27H,16-17H2,(H,28,29)/b23-19-. The molecule has 0 unspecified atom stereocenters. The molecule has 3 aromatic rings. The van der Waals surface area contributed by atoms with Gasteiger partial charge in [0.05, 0.1) is 6.04 Å². The van der Waals surface area contributed by atoms with Crippen molar-refractivity contribution in [2.75, 3.05) is 6.54 Å². The van der Waals surface area contributed by atoms with Crippen molar-refractivity contribution in [2.45, 2.75) is 12.5 Å². The second-order valence-electron chi connectivity index (χ2n) is 6.59. The van der Waals surface area contributed by atoms with Gasteiger partial charge in [-0.3, -0.25) is 4.79 Å². The summed E-state index contributed by atoms with van der Waals surface area (Å²) in [5, 5.41) is 15.5. The van der Waals surface area contributed by atoms with Gasteiger partial charge in [-0.25, -0.2) is 0 Å². The number of carbonyl (C=O) groups is 1. The monoisotopic (exact) mass is 381 g/mol. The van der Waals surface area contributed by atoms with Crippen molar-refractivity contribution in [3.8, 4) is 6.07 Å². The Morgan fingerprint density at radius 2 is 1.38 bits per heavy atom. The normalized spacial score (nSPS) is 11.0. The van der Waals surface area contributed by atoms with E-state index >= 15 is 0 Å². The number of amides is 1. The zero-order valence-corrected chi connectivity index (χ0v) is 16.1. The van der Waals surface area contributed by atoms with Crippen LogP contribution in [-0.2, 0) is 11.2 Å². The van der Waals surface area contributed by atoms with Crippen LogP contribution in [0.15, 0.2) is 103 Å². The summed E-state index contributed by atoms with van der Waals surface area (Å²) in [5.41, 5.74) is 3.17. The van der Waals surface area contributed by atoms with E-state index in [1.54, 1.807) is 0 Å². The summed E-state index contributed by atoms with van der Waals surface area (Å²) >= 11 is 0. The molecule has 0 saturated carbocycles. The summed E-state index contributed by atoms with van der Waals surface area (Å²) in [6, 6.07) is 31.2. The highest BCUT2D eigenvalue weighted by Crippen LogP contribution is 2.22. The van der Waals surface area contributed by atoms with E-state index in [1.807, 2.05) is 97.1 Å². The lowest BCUT2D eigenvalue weighted by molar-refractivity contribution is -0.117. The van der Waals surface area contributed by atoms with Gasteiger partial charge in [0.15, 0.2) is 0 Å². The SMILES string of the molecule is N#C/C(=C/NCCc1ccccc1)C(=O)NC(c1ccccc1)c1ccccc1. The van der Waals surface area contributed by atoms with E-state index in [-0.39, 0.29) is 11.6 Å². The minimum absolute atomic E-state index is 0.0509. The van der Waals surface area contributed by atoms with Crippen LogP contribution in [0.25, 0.3) is 0 Å². The molecule has 0 heterocycles. The van der Waals surface area contributed by atoms with Crippen molar-refractivity contribution in [3.05, 3.63) is 119 Å². The predicted molar refractivity (Wildman–Crippen MR) is 115 cm³/mol. The Kier molecular flexibility index (Phi) is 7.20. The molecular formula is C25H23N3O. The summed E-state index contributed by atoms with van der Waals surface area (Å²) in [7, 11) is 0. The van der Waals surface area contributed by atoms with Gasteiger partial charge in [0.2, 0.25) is 0 Å². The third kappa shape index (κ3) is 5.82. The molecule has 0 bridgehead atoms. The molecule has 29 heavy (non-hydrogen) atoms. The summed E-state index contributed by atoms with van der Waals surface area (Å²) in [4.78, 5) is 12.8. The molecule has 1 amide bonds. The fraction of sp³-hybridized carbons (Fsp3) is 0.120. The first-order valence-electron chi connectivity index (χ1n) is 9.56. The van der Waals surface area contributed by atoms with Crippen LogP contribution in [-0.4, -0.2) is 12.5 Å². The van der Waals surface area contributed by atoms with Crippen molar-refractivity contribution >= 4 is 5.91 Å². The summed E-state index contributed by atoms with van der Waals surface area (Å²) in [5.74, 6) is -0.405. The number of hydrogen-bond acceptors (Lipinski definition) is 3. The molecule has 0 aliphatic carbocycles. The maximum Gasteiger partial charge on any atom is 0.264 e. The quantitative estimate of drug-likeness (QED) is 0.350. The molecule has 4 nitrogen and oxygen atoms in total. The molecule has 3 aromatic carbocycles. The minimum Gasteiger partial charge on any atom is -0.389 e. The largest absolute Gasteiger partial charge is 0.389 e. The molecule has 0 fully saturated rings. The second-order valence-corrected chi connectivity index (χ2v) is 6.59. The van der Waals surface area contributed by atoms with E-state index in [0.29, 0.717) is 6.54 Å². The van der Waals surface area contributed by atoms with Gasteiger partial charge < -0.3 is 10.6 Å². The van der Waals surface area contributed by atoms with Crippen molar-refractivity contribution in [2.24, 2.45) is 0 Å². The van der Waals surface area contributed by atoms with Crippen LogP contribution in [0.5, 0.6) is 0 Å². The highest BCUT2D eigenvalue weighted by molar-refractivity contribution is 5.97. The molecular weight excluding hydrogens is 358 g/mol. The molecule has 3 rings (SSSR count). The Hall–Kier alpha value is -3.84. The Morgan fingerprint density at radius 3 is 1.90 bits per heavy atom. The first-order chi connectivity index (χ1) is 14.3. The van der Waals surface area contributed by atoms with Crippen molar-refractivity contribution in [3.63, 3.8) is 0 Å². The van der Waals surface area contributed by atoms with Crippen LogP contribution in [0.1, 0.15) is 22.7 Å². The molecule has 4 heteroatoms. The van der Waals surface area contributed by atoms with E-state index in [2.05, 4.69) is 10.6 Å². The van der Waals surface area contributed by atoms with Gasteiger partial charge in [0, 0.05) is 12.7 Å². The first-order valence-corrected chi connectivity index (χ1v) is 9.56. The zero-order chi connectivity index (χ0) is 20.3. The highest BCUT2D eigenvalue weighted by atomic mass is 16.1. The van der Waals surface area contributed by atoms with Gasteiger partial charge in [-0.1, -0.05) is 91.0 Å². The topological polar surface area (TPSA) is 64.9 Å². The maximum atomic E-state index is 12.8. The van der Waals surface area contributed by atoms with Crippen LogP contribution in [0.4, 0.5) is 0 Å². The van der Waals surface area contributed by atoms with E-state index in [1.165, 1.54) is 11.8 Å². The maximum absolute atomic E-state index is 12.8. The van der Waals surface area contributed by atoms with Gasteiger partial charge in [0.25, 0.3) is 5.91 Å². The van der Waals surface area contributed by atoms with Crippen molar-refractivity contribution in [1.82, 2.24) is 10.6 Å². The van der Waals surface area contributed by atoms with Gasteiger partial charge in [-0.05, 0) is 23.1 Å². The number of nitrogens with zero attached hydrogens (tertiary/aromatic N) is 1. The molecule has 0 atom stereocenters. The highest BCUT2D eigenvalue weighted by Gasteiger charge is 2.18. The van der Waals surface area contributed by atoms with Crippen LogP contribution in [0.3, 0.4) is 0 Å². The average Bonchev–Trinajstić information content (AvgIpc) is 2.79. The van der Waals surface area contributed by atoms with Crippen LogP contribution >= 0.6 is 0 Å². The second kappa shape index (κ2) is 10.5. The fourth-order valence-corrected chi connectivity index (χ4v) is 3.04. The lowest BCUT2D eigenvalue weighted by Crippen LogP contribution is -2.31. The summed E-state index contributed by atoms with van der Waals surface area (Å²) in [6.07, 6.45) is 2.31. The van der Waals surface area contributed by atoms with Gasteiger partial charge in [-0.15, -0.1) is 0 Å². The van der Waals surface area contributed by atoms with E-state index in [4.69, 9.17) is 0 Å². The number of nitrogens with one attached hydrogen (secondary N) is 2. The molecule has 2 N–H and O–H groups in total. The summed E-state index contributed by atoms with van der Waals surface area (Å²) in [6.45, 7) is 0.642.